The van der Waals surface area contributed by atoms with Gasteiger partial charge in [0.1, 0.15) is 23.6 Å². The van der Waals surface area contributed by atoms with E-state index in [4.69, 9.17) is 5.73 Å². The summed E-state index contributed by atoms with van der Waals surface area (Å²) in [7, 11) is 1.81. The standard InChI is InChI=1S/C23H20FN7O/c1-3-20(32)30-7-6-16(11-30)31-10-15(21-22(25)26-12-27-23(21)31)5-4-14-8-18-19(9-17(14)24)29(2)13-28-18/h3,8-10,12-13,16H,1,6-7,11H2,2H3,(H2,25,26,27). The van der Waals surface area contributed by atoms with Crippen LogP contribution in [0.25, 0.3) is 22.1 Å². The summed E-state index contributed by atoms with van der Waals surface area (Å²) in [5.41, 5.74) is 9.00. The Labute approximate surface area is 183 Å². The van der Waals surface area contributed by atoms with Gasteiger partial charge in [0.2, 0.25) is 5.91 Å². The van der Waals surface area contributed by atoms with Crippen LogP contribution >= 0.6 is 0 Å². The minimum atomic E-state index is -0.420. The minimum Gasteiger partial charge on any atom is -0.383 e. The third kappa shape index (κ3) is 3.17. The topological polar surface area (TPSA) is 94.9 Å². The first-order valence-electron chi connectivity index (χ1n) is 10.1. The minimum absolute atomic E-state index is 0.0212. The van der Waals surface area contributed by atoms with E-state index in [9.17, 15) is 9.18 Å². The van der Waals surface area contributed by atoms with E-state index in [1.807, 2.05) is 17.8 Å². The number of nitrogens with two attached hydrogens (primary N) is 1. The number of likely N-dealkylation sites (tertiary alicyclic amines) is 1. The molecule has 160 valence electrons. The highest BCUT2D eigenvalue weighted by atomic mass is 19.1. The molecule has 0 spiro atoms. The SMILES string of the molecule is C=CC(=O)N1CCC(n2cc(C#Cc3cc4ncn(C)c4cc3F)c3c(N)ncnc32)C1. The number of nitrogen functional groups attached to an aromatic ring is 1. The van der Waals surface area contributed by atoms with E-state index in [2.05, 4.69) is 33.4 Å². The number of nitrogens with zero attached hydrogens (tertiary/aromatic N) is 6. The van der Waals surface area contributed by atoms with Crippen LogP contribution in [0.3, 0.4) is 0 Å². The van der Waals surface area contributed by atoms with Gasteiger partial charge in [0.05, 0.1) is 39.9 Å². The van der Waals surface area contributed by atoms with Crippen molar-refractivity contribution in [1.29, 1.82) is 0 Å². The van der Waals surface area contributed by atoms with E-state index in [1.54, 1.807) is 21.9 Å². The van der Waals surface area contributed by atoms with Crippen molar-refractivity contribution in [2.75, 3.05) is 18.8 Å². The molecule has 1 aliphatic rings. The third-order valence-electron chi connectivity index (χ3n) is 5.83. The molecule has 1 aliphatic heterocycles. The van der Waals surface area contributed by atoms with Crippen molar-refractivity contribution in [2.24, 2.45) is 7.05 Å². The Morgan fingerprint density at radius 1 is 1.28 bits per heavy atom. The largest absolute Gasteiger partial charge is 0.383 e. The highest BCUT2D eigenvalue weighted by Gasteiger charge is 2.28. The number of halogens is 1. The van der Waals surface area contributed by atoms with Crippen LogP contribution in [0.2, 0.25) is 0 Å². The Morgan fingerprint density at radius 3 is 2.91 bits per heavy atom. The van der Waals surface area contributed by atoms with Crippen molar-refractivity contribution in [3.8, 4) is 11.8 Å². The predicted molar refractivity (Wildman–Crippen MR) is 119 cm³/mol. The number of fused-ring (bicyclic) bond motifs is 2. The summed E-state index contributed by atoms with van der Waals surface area (Å²) in [5, 5.41) is 0.618. The Morgan fingerprint density at radius 2 is 2.09 bits per heavy atom. The Bertz CT molecular complexity index is 1460. The normalized spacial score (nSPS) is 15.8. The first-order valence-corrected chi connectivity index (χ1v) is 10.1. The fraction of sp³-hybridized carbons (Fsp3) is 0.217. The molecule has 1 unspecified atom stereocenters. The van der Waals surface area contributed by atoms with Gasteiger partial charge in [-0.3, -0.25) is 4.79 Å². The fourth-order valence-corrected chi connectivity index (χ4v) is 4.16. The number of aromatic nitrogens is 5. The highest BCUT2D eigenvalue weighted by molar-refractivity contribution is 5.92. The van der Waals surface area contributed by atoms with Crippen molar-refractivity contribution in [3.05, 3.63) is 60.6 Å². The van der Waals surface area contributed by atoms with Gasteiger partial charge in [-0.15, -0.1) is 0 Å². The van der Waals surface area contributed by atoms with E-state index >= 15 is 0 Å². The maximum absolute atomic E-state index is 14.6. The number of amides is 1. The highest BCUT2D eigenvalue weighted by Crippen LogP contribution is 2.30. The maximum Gasteiger partial charge on any atom is 0.246 e. The lowest BCUT2D eigenvalue weighted by atomic mass is 10.1. The van der Waals surface area contributed by atoms with Gasteiger partial charge in [0, 0.05) is 32.4 Å². The van der Waals surface area contributed by atoms with Gasteiger partial charge in [0.25, 0.3) is 0 Å². The summed E-state index contributed by atoms with van der Waals surface area (Å²) in [6.45, 7) is 4.73. The van der Waals surface area contributed by atoms with Crippen molar-refractivity contribution >= 4 is 33.8 Å². The monoisotopic (exact) mass is 429 g/mol. The van der Waals surface area contributed by atoms with Crippen LogP contribution < -0.4 is 5.73 Å². The molecular weight excluding hydrogens is 409 g/mol. The molecule has 32 heavy (non-hydrogen) atoms. The van der Waals surface area contributed by atoms with E-state index in [1.165, 1.54) is 18.5 Å². The number of hydrogen-bond donors (Lipinski definition) is 1. The lowest BCUT2D eigenvalue weighted by Crippen LogP contribution is -2.27. The molecule has 4 aromatic rings. The Hall–Kier alpha value is -4.19. The Kier molecular flexibility index (Phi) is 4.63. The zero-order valence-electron chi connectivity index (χ0n) is 17.4. The molecule has 5 rings (SSSR count). The summed E-state index contributed by atoms with van der Waals surface area (Å²) in [6, 6.07) is 3.08. The van der Waals surface area contributed by atoms with E-state index in [0.29, 0.717) is 46.5 Å². The molecule has 1 amide bonds. The van der Waals surface area contributed by atoms with Gasteiger partial charge in [-0.2, -0.15) is 0 Å². The smallest absolute Gasteiger partial charge is 0.246 e. The molecule has 0 radical (unpaired) electrons. The fourth-order valence-electron chi connectivity index (χ4n) is 4.16. The van der Waals surface area contributed by atoms with E-state index < -0.39 is 5.82 Å². The molecule has 1 aromatic carbocycles. The number of rotatable bonds is 2. The first kappa shape index (κ1) is 19.8. The lowest BCUT2D eigenvalue weighted by Gasteiger charge is -2.15. The van der Waals surface area contributed by atoms with Gasteiger partial charge >= 0.3 is 0 Å². The summed E-state index contributed by atoms with van der Waals surface area (Å²) in [6.07, 6.45) is 6.98. The zero-order chi connectivity index (χ0) is 22.4. The van der Waals surface area contributed by atoms with Crippen LogP contribution in [0, 0.1) is 17.7 Å². The van der Waals surface area contributed by atoms with Gasteiger partial charge < -0.3 is 19.8 Å². The van der Waals surface area contributed by atoms with E-state index in [0.717, 1.165) is 6.42 Å². The van der Waals surface area contributed by atoms with Gasteiger partial charge in [-0.05, 0) is 18.6 Å². The molecular formula is C23H20FN7O. The molecule has 1 saturated heterocycles. The quantitative estimate of drug-likeness (QED) is 0.390. The summed E-state index contributed by atoms with van der Waals surface area (Å²) < 4.78 is 18.4. The number of imidazole rings is 1. The van der Waals surface area contributed by atoms with Gasteiger partial charge in [-0.25, -0.2) is 19.3 Å². The summed E-state index contributed by atoms with van der Waals surface area (Å²) >= 11 is 0. The summed E-state index contributed by atoms with van der Waals surface area (Å²) in [4.78, 5) is 26.5. The second-order valence-electron chi connectivity index (χ2n) is 7.76. The summed E-state index contributed by atoms with van der Waals surface area (Å²) in [5.74, 6) is 5.74. The molecule has 2 N–H and O–H groups in total. The number of carbonyl (C=O) groups is 1. The van der Waals surface area contributed by atoms with Crippen molar-refractivity contribution in [2.45, 2.75) is 12.5 Å². The third-order valence-corrected chi connectivity index (χ3v) is 5.83. The van der Waals surface area contributed by atoms with E-state index in [-0.39, 0.29) is 17.5 Å². The van der Waals surface area contributed by atoms with Crippen LogP contribution in [0.15, 0.2) is 43.6 Å². The molecule has 3 aromatic heterocycles. The number of aryl methyl sites for hydroxylation is 1. The van der Waals surface area contributed by atoms with Crippen molar-refractivity contribution in [1.82, 2.24) is 29.0 Å². The second-order valence-corrected chi connectivity index (χ2v) is 7.76. The number of anilines is 1. The molecule has 1 atom stereocenters. The number of carbonyl (C=O) groups excluding carboxylic acids is 1. The molecule has 9 heteroatoms. The average Bonchev–Trinajstić information content (AvgIpc) is 3.50. The lowest BCUT2D eigenvalue weighted by molar-refractivity contribution is -0.125. The van der Waals surface area contributed by atoms with Crippen molar-refractivity contribution < 1.29 is 9.18 Å². The van der Waals surface area contributed by atoms with Crippen molar-refractivity contribution in [3.63, 3.8) is 0 Å². The van der Waals surface area contributed by atoms with Gasteiger partial charge in [0.15, 0.2) is 0 Å². The molecule has 1 fully saturated rings. The van der Waals surface area contributed by atoms with Crippen LogP contribution in [-0.4, -0.2) is 48.0 Å². The zero-order valence-corrected chi connectivity index (χ0v) is 17.4. The van der Waals surface area contributed by atoms with Crippen LogP contribution in [0.4, 0.5) is 10.2 Å². The number of benzene rings is 1. The van der Waals surface area contributed by atoms with Crippen LogP contribution in [-0.2, 0) is 11.8 Å². The Balaban J connectivity index is 1.57. The molecule has 4 heterocycles. The molecule has 0 aliphatic carbocycles. The van der Waals surface area contributed by atoms with Crippen LogP contribution in [0.1, 0.15) is 23.6 Å². The van der Waals surface area contributed by atoms with Gasteiger partial charge in [-0.1, -0.05) is 18.4 Å². The first-order chi connectivity index (χ1) is 15.5. The predicted octanol–water partition coefficient (Wildman–Crippen LogP) is 2.40. The van der Waals surface area contributed by atoms with Crippen LogP contribution in [0.5, 0.6) is 0 Å². The molecule has 0 saturated carbocycles. The average molecular weight is 429 g/mol. The molecule has 8 nitrogen and oxygen atoms in total. The maximum atomic E-state index is 14.6. The molecule has 0 bridgehead atoms. The number of hydrogen-bond acceptors (Lipinski definition) is 5. The second kappa shape index (κ2) is 7.50.